The minimum Gasteiger partial charge on any atom is -0.479 e. The zero-order valence-corrected chi connectivity index (χ0v) is 13.1. The fraction of sp³-hybridized carbons (Fsp3) is 0.273. The minimum absolute atomic E-state index is 0.0739. The highest BCUT2D eigenvalue weighted by atomic mass is 79.9. The molecular weight excluding hydrogens is 348 g/mol. The molecule has 0 aliphatic carbocycles. The van der Waals surface area contributed by atoms with Crippen LogP contribution < -0.4 is 10.1 Å². The molecule has 0 bridgehead atoms. The third kappa shape index (κ3) is 3.23. The number of benzene rings is 1. The molecule has 106 valence electrons. The van der Waals surface area contributed by atoms with E-state index in [4.69, 9.17) is 4.74 Å². The molecule has 0 amide bonds. The highest BCUT2D eigenvalue weighted by Crippen LogP contribution is 2.34. The lowest BCUT2D eigenvalue weighted by Gasteiger charge is -2.08. The molecule has 0 unspecified atom stereocenters. The van der Waals surface area contributed by atoms with Gasteiger partial charge in [0.1, 0.15) is 6.61 Å². The van der Waals surface area contributed by atoms with Gasteiger partial charge in [-0.25, -0.2) is 0 Å². The van der Waals surface area contributed by atoms with Crippen LogP contribution in [0.4, 0.5) is 10.8 Å². The number of nitro groups is 1. The maximum atomic E-state index is 11.1. The second kappa shape index (κ2) is 6.14. The molecule has 0 aliphatic heterocycles. The van der Waals surface area contributed by atoms with Crippen molar-refractivity contribution in [3.05, 3.63) is 37.3 Å². The smallest absolute Gasteiger partial charge is 0.312 e. The molecule has 1 heterocycles. The molecule has 1 N–H and O–H groups in total. The van der Waals surface area contributed by atoms with Crippen molar-refractivity contribution >= 4 is 38.1 Å². The second-order valence-corrected chi connectivity index (χ2v) is 5.85. The highest BCUT2D eigenvalue weighted by Gasteiger charge is 2.19. The number of anilines is 1. The SMILES string of the molecule is CNc1nnc(COc2c(C)cc(Br)cc2[N+](=O)[O-])s1. The van der Waals surface area contributed by atoms with Crippen molar-refractivity contribution in [2.45, 2.75) is 13.5 Å². The standard InChI is InChI=1S/C11H11BrN4O3S/c1-6-3-7(12)4-8(16(17)18)10(6)19-5-9-14-15-11(13-2)20-9/h3-4H,5H2,1-2H3,(H,13,15). The number of hydrogen-bond acceptors (Lipinski definition) is 7. The summed E-state index contributed by atoms with van der Waals surface area (Å²) in [5, 5.41) is 23.0. The second-order valence-electron chi connectivity index (χ2n) is 3.87. The fourth-order valence-corrected chi connectivity index (χ4v) is 2.75. The summed E-state index contributed by atoms with van der Waals surface area (Å²) in [4.78, 5) is 10.6. The van der Waals surface area contributed by atoms with Crippen LogP contribution in [-0.2, 0) is 6.61 Å². The van der Waals surface area contributed by atoms with Crippen molar-refractivity contribution in [1.82, 2.24) is 10.2 Å². The molecule has 7 nitrogen and oxygen atoms in total. The first-order valence-corrected chi connectivity index (χ1v) is 7.19. The summed E-state index contributed by atoms with van der Waals surface area (Å²) >= 11 is 4.57. The normalized spacial score (nSPS) is 10.3. The predicted molar refractivity (Wildman–Crippen MR) is 79.3 cm³/mol. The van der Waals surface area contributed by atoms with Gasteiger partial charge in [0.05, 0.1) is 4.92 Å². The summed E-state index contributed by atoms with van der Waals surface area (Å²) in [5.41, 5.74) is 0.611. The Hall–Kier alpha value is -1.74. The molecule has 0 saturated heterocycles. The summed E-state index contributed by atoms with van der Waals surface area (Å²) in [6, 6.07) is 3.18. The van der Waals surface area contributed by atoms with Crippen LogP contribution in [0, 0.1) is 17.0 Å². The van der Waals surface area contributed by atoms with E-state index >= 15 is 0 Å². The molecule has 1 aromatic carbocycles. The van der Waals surface area contributed by atoms with Gasteiger partial charge < -0.3 is 10.1 Å². The molecule has 0 saturated carbocycles. The van der Waals surface area contributed by atoms with E-state index in [9.17, 15) is 10.1 Å². The van der Waals surface area contributed by atoms with Gasteiger partial charge >= 0.3 is 5.69 Å². The van der Waals surface area contributed by atoms with Gasteiger partial charge in [0, 0.05) is 17.6 Å². The van der Waals surface area contributed by atoms with E-state index in [0.29, 0.717) is 20.2 Å². The quantitative estimate of drug-likeness (QED) is 0.652. The zero-order valence-electron chi connectivity index (χ0n) is 10.7. The van der Waals surface area contributed by atoms with E-state index in [-0.39, 0.29) is 18.0 Å². The van der Waals surface area contributed by atoms with E-state index < -0.39 is 4.92 Å². The van der Waals surface area contributed by atoms with Crippen molar-refractivity contribution in [2.24, 2.45) is 0 Å². The Morgan fingerprint density at radius 3 is 2.85 bits per heavy atom. The summed E-state index contributed by atoms with van der Waals surface area (Å²) in [6.07, 6.45) is 0. The number of nitro benzene ring substituents is 1. The number of halogens is 1. The van der Waals surface area contributed by atoms with Gasteiger partial charge in [0.25, 0.3) is 0 Å². The van der Waals surface area contributed by atoms with Gasteiger partial charge in [-0.05, 0) is 18.6 Å². The Balaban J connectivity index is 2.22. The van der Waals surface area contributed by atoms with Crippen LogP contribution in [0.15, 0.2) is 16.6 Å². The molecule has 2 aromatic rings. The Morgan fingerprint density at radius 1 is 1.50 bits per heavy atom. The van der Waals surface area contributed by atoms with Crippen LogP contribution in [0.1, 0.15) is 10.6 Å². The number of nitrogens with one attached hydrogen (secondary N) is 1. The third-order valence-corrected chi connectivity index (χ3v) is 3.81. The molecule has 0 spiro atoms. The lowest BCUT2D eigenvalue weighted by Crippen LogP contribution is -2.01. The average molecular weight is 359 g/mol. The number of aryl methyl sites for hydroxylation is 1. The Labute approximate surface area is 127 Å². The van der Waals surface area contributed by atoms with Gasteiger partial charge in [-0.2, -0.15) is 0 Å². The maximum Gasteiger partial charge on any atom is 0.312 e. The Kier molecular flexibility index (Phi) is 4.50. The molecule has 9 heteroatoms. The summed E-state index contributed by atoms with van der Waals surface area (Å²) in [7, 11) is 1.74. The first kappa shape index (κ1) is 14.7. The number of rotatable bonds is 5. The molecule has 20 heavy (non-hydrogen) atoms. The van der Waals surface area contributed by atoms with Gasteiger partial charge in [0.15, 0.2) is 5.01 Å². The summed E-state index contributed by atoms with van der Waals surface area (Å²) in [5.74, 6) is 0.249. The highest BCUT2D eigenvalue weighted by molar-refractivity contribution is 9.10. The molecule has 1 aromatic heterocycles. The first-order chi connectivity index (χ1) is 9.51. The van der Waals surface area contributed by atoms with Crippen molar-refractivity contribution in [3.8, 4) is 5.75 Å². The molecule has 0 fully saturated rings. The van der Waals surface area contributed by atoms with E-state index in [1.165, 1.54) is 17.4 Å². The Morgan fingerprint density at radius 2 is 2.25 bits per heavy atom. The third-order valence-electron chi connectivity index (χ3n) is 2.44. The van der Waals surface area contributed by atoms with Crippen molar-refractivity contribution < 1.29 is 9.66 Å². The molecule has 2 rings (SSSR count). The topological polar surface area (TPSA) is 90.2 Å². The molecule has 0 atom stereocenters. The largest absolute Gasteiger partial charge is 0.479 e. The number of hydrogen-bond donors (Lipinski definition) is 1. The lowest BCUT2D eigenvalue weighted by molar-refractivity contribution is -0.386. The zero-order chi connectivity index (χ0) is 14.7. The number of ether oxygens (including phenoxy) is 1. The van der Waals surface area contributed by atoms with Crippen LogP contribution in [0.5, 0.6) is 5.75 Å². The van der Waals surface area contributed by atoms with Crippen LogP contribution in [0.3, 0.4) is 0 Å². The number of nitrogens with zero attached hydrogens (tertiary/aromatic N) is 3. The lowest BCUT2D eigenvalue weighted by atomic mass is 10.2. The van der Waals surface area contributed by atoms with Crippen LogP contribution in [0.2, 0.25) is 0 Å². The van der Waals surface area contributed by atoms with E-state index in [0.717, 1.165) is 0 Å². The van der Waals surface area contributed by atoms with Gasteiger partial charge in [0.2, 0.25) is 10.9 Å². The van der Waals surface area contributed by atoms with Crippen molar-refractivity contribution in [2.75, 3.05) is 12.4 Å². The fourth-order valence-electron chi connectivity index (χ4n) is 1.58. The van der Waals surface area contributed by atoms with E-state index in [1.807, 2.05) is 0 Å². The molecule has 0 radical (unpaired) electrons. The van der Waals surface area contributed by atoms with Crippen LogP contribution in [0.25, 0.3) is 0 Å². The first-order valence-electron chi connectivity index (χ1n) is 5.58. The maximum absolute atomic E-state index is 11.1. The van der Waals surface area contributed by atoms with Gasteiger partial charge in [-0.15, -0.1) is 10.2 Å². The van der Waals surface area contributed by atoms with Crippen molar-refractivity contribution in [1.29, 1.82) is 0 Å². The molecule has 0 aliphatic rings. The minimum atomic E-state index is -0.466. The van der Waals surface area contributed by atoms with E-state index in [2.05, 4.69) is 31.4 Å². The van der Waals surface area contributed by atoms with Gasteiger partial charge in [-0.1, -0.05) is 27.3 Å². The summed E-state index contributed by atoms with van der Waals surface area (Å²) < 4.78 is 6.19. The average Bonchev–Trinajstić information content (AvgIpc) is 2.84. The Bertz CT molecular complexity index is 647. The van der Waals surface area contributed by atoms with Crippen LogP contribution in [-0.4, -0.2) is 22.2 Å². The van der Waals surface area contributed by atoms with E-state index in [1.54, 1.807) is 20.0 Å². The summed E-state index contributed by atoms with van der Waals surface area (Å²) in [6.45, 7) is 1.90. The molecular formula is C11H11BrN4O3S. The number of aromatic nitrogens is 2. The van der Waals surface area contributed by atoms with Crippen LogP contribution >= 0.6 is 27.3 Å². The van der Waals surface area contributed by atoms with Gasteiger partial charge in [-0.3, -0.25) is 10.1 Å². The van der Waals surface area contributed by atoms with Crippen molar-refractivity contribution in [3.63, 3.8) is 0 Å². The predicted octanol–water partition coefficient (Wildman–Crippen LogP) is 3.14. The monoisotopic (exact) mass is 358 g/mol.